The van der Waals surface area contributed by atoms with Crippen molar-refractivity contribution in [2.75, 3.05) is 53.9 Å². The van der Waals surface area contributed by atoms with Crippen LogP contribution >= 0.6 is 7.26 Å². The SMILES string of the molecule is CC[C@H]1OC(=O)[C@H](C)C([C@H]2C[C@@](C)(OC)[C@@H](O)[C@H](C)O2)[C@H](C)[C@@H](O[C@@H]2O[C@H](C)C[C@H](N(C)C)[C@H]2O)[C@](C)(O)C[C@@H](C)CN(C(=O)CCCCCCC[P+](C)(C)C)[C@H](C)[C@@H](O)[C@]1(C)O. The van der Waals surface area contributed by atoms with E-state index < -0.39 is 103 Å². The van der Waals surface area contributed by atoms with Crippen molar-refractivity contribution in [1.29, 1.82) is 0 Å². The standard InChI is InChI=1S/C48H92N2O12P/c1-17-37-48(10,57)41(53)33(6)50(38(51)23-21-19-18-20-22-24-63(14,15)16)28-29(2)26-46(8,56)43(62-45-40(52)35(49(11)12)25-30(3)59-45)31(4)39(32(5)44(55)61-37)36-27-47(9,58-13)42(54)34(7)60-36/h29-37,39-43,45,52-54,56-57H,17-28H2,1-16H3/q+1/t29-,30-,31+,32-,33-,34+,35+,36-,37-,39?,40-,41-,42+,43-,45+,46-,47-,48-/m1/s1. The van der Waals surface area contributed by atoms with Crippen molar-refractivity contribution >= 4 is 19.1 Å². The van der Waals surface area contributed by atoms with Crippen LogP contribution in [0.3, 0.4) is 0 Å². The van der Waals surface area contributed by atoms with E-state index in [0.717, 1.165) is 19.3 Å². The minimum Gasteiger partial charge on any atom is -0.459 e. The first-order valence-corrected chi connectivity index (χ1v) is 27.3. The van der Waals surface area contributed by atoms with Gasteiger partial charge in [0.2, 0.25) is 5.91 Å². The minimum absolute atomic E-state index is 0.121. The number of nitrogens with zero attached hydrogens (tertiary/aromatic N) is 2. The molecule has 0 aliphatic carbocycles. The Kier molecular flexibility index (Phi) is 20.8. The number of hydrogen-bond donors (Lipinski definition) is 5. The number of aliphatic hydroxyl groups excluding tert-OH is 3. The van der Waals surface area contributed by atoms with E-state index in [9.17, 15) is 35.1 Å². The first-order valence-electron chi connectivity index (χ1n) is 24.0. The minimum atomic E-state index is -1.96. The number of cyclic esters (lactones) is 1. The molecule has 0 radical (unpaired) electrons. The molecule has 0 spiro atoms. The lowest BCUT2D eigenvalue weighted by molar-refractivity contribution is -0.302. The first-order chi connectivity index (χ1) is 29.0. The molecule has 63 heavy (non-hydrogen) atoms. The van der Waals surface area contributed by atoms with Crippen LogP contribution in [0.15, 0.2) is 0 Å². The van der Waals surface area contributed by atoms with Crippen LogP contribution in [0.1, 0.15) is 133 Å². The Hall–Kier alpha value is -1.03. The molecule has 0 saturated carbocycles. The van der Waals surface area contributed by atoms with Crippen molar-refractivity contribution in [2.24, 2.45) is 23.7 Å². The molecule has 0 aromatic heterocycles. The Morgan fingerprint density at radius 3 is 2.08 bits per heavy atom. The molecule has 3 fully saturated rings. The van der Waals surface area contributed by atoms with Gasteiger partial charge in [0.1, 0.15) is 30.0 Å². The fourth-order valence-corrected chi connectivity index (χ4v) is 12.1. The van der Waals surface area contributed by atoms with Gasteiger partial charge in [-0.2, -0.15) is 0 Å². The van der Waals surface area contributed by atoms with Crippen LogP contribution in [-0.2, 0) is 33.3 Å². The largest absolute Gasteiger partial charge is 0.459 e. The highest BCUT2D eigenvalue weighted by Crippen LogP contribution is 2.47. The summed E-state index contributed by atoms with van der Waals surface area (Å²) in [5, 5.41) is 60.1. The van der Waals surface area contributed by atoms with Crippen LogP contribution in [0.5, 0.6) is 0 Å². The first kappa shape index (κ1) is 56.3. The number of likely N-dealkylation sites (N-methyl/N-ethyl adjacent to an activating group) is 1. The van der Waals surface area contributed by atoms with E-state index >= 15 is 0 Å². The molecule has 0 aromatic rings. The highest BCUT2D eigenvalue weighted by atomic mass is 31.2. The molecular formula is C48H92N2O12P+. The summed E-state index contributed by atoms with van der Waals surface area (Å²) in [4.78, 5) is 32.5. The second kappa shape index (κ2) is 23.3. The molecule has 1 unspecified atom stereocenters. The van der Waals surface area contributed by atoms with Crippen LogP contribution < -0.4 is 0 Å². The number of aliphatic hydroxyl groups is 5. The summed E-state index contributed by atoms with van der Waals surface area (Å²) >= 11 is 0. The summed E-state index contributed by atoms with van der Waals surface area (Å²) in [6.07, 6.45) is -1.11. The molecule has 14 nitrogen and oxygen atoms in total. The molecule has 15 heteroatoms. The number of amides is 1. The molecule has 3 aliphatic rings. The monoisotopic (exact) mass is 920 g/mol. The van der Waals surface area contributed by atoms with Gasteiger partial charge in [0.25, 0.3) is 0 Å². The third-order valence-electron chi connectivity index (χ3n) is 14.8. The number of unbranched alkanes of at least 4 members (excludes halogenated alkanes) is 4. The number of hydrogen-bond acceptors (Lipinski definition) is 13. The molecule has 0 bridgehead atoms. The Balaban J connectivity index is 2.15. The third-order valence-corrected chi connectivity index (χ3v) is 16.5. The molecule has 3 saturated heterocycles. The Morgan fingerprint density at radius 1 is 0.905 bits per heavy atom. The van der Waals surface area contributed by atoms with Crippen LogP contribution in [0.4, 0.5) is 0 Å². The van der Waals surface area contributed by atoms with Gasteiger partial charge in [0, 0.05) is 65.7 Å². The number of esters is 1. The topological polar surface area (TPSA) is 188 Å². The molecule has 370 valence electrons. The number of ether oxygens (including phenoxy) is 5. The molecule has 3 rings (SSSR count). The zero-order valence-corrected chi connectivity index (χ0v) is 43.0. The molecular weight excluding hydrogens is 828 g/mol. The van der Waals surface area contributed by atoms with Gasteiger partial charge in [-0.3, -0.25) is 9.59 Å². The van der Waals surface area contributed by atoms with Gasteiger partial charge in [0.05, 0.1) is 53.7 Å². The molecule has 3 aliphatic heterocycles. The van der Waals surface area contributed by atoms with Crippen molar-refractivity contribution < 1.29 is 58.8 Å². The maximum Gasteiger partial charge on any atom is 0.309 e. The lowest BCUT2D eigenvalue weighted by atomic mass is 9.68. The Morgan fingerprint density at radius 2 is 1.51 bits per heavy atom. The van der Waals surface area contributed by atoms with Crippen molar-refractivity contribution in [3.63, 3.8) is 0 Å². The predicted molar refractivity (Wildman–Crippen MR) is 249 cm³/mol. The summed E-state index contributed by atoms with van der Waals surface area (Å²) in [6, 6.07) is -1.18. The van der Waals surface area contributed by atoms with E-state index in [1.807, 2.05) is 39.8 Å². The summed E-state index contributed by atoms with van der Waals surface area (Å²) in [5.74, 6) is -3.53. The molecule has 0 aromatic carbocycles. The fraction of sp³-hybridized carbons (Fsp3) is 0.958. The quantitative estimate of drug-likeness (QED) is 0.0858. The average molecular weight is 920 g/mol. The van der Waals surface area contributed by atoms with Gasteiger partial charge in [-0.05, 0) is 106 Å². The second-order valence-corrected chi connectivity index (χ2v) is 26.9. The zero-order chi connectivity index (χ0) is 48.0. The van der Waals surface area contributed by atoms with Crippen molar-refractivity contribution in [3.05, 3.63) is 0 Å². The molecule has 18 atom stereocenters. The predicted octanol–water partition coefficient (Wildman–Crippen LogP) is 5.32. The van der Waals surface area contributed by atoms with E-state index in [1.165, 1.54) is 26.6 Å². The normalized spacial score (nSPS) is 43.0. The number of methoxy groups -OCH3 is 1. The third kappa shape index (κ3) is 14.5. The maximum atomic E-state index is 14.6. The smallest absolute Gasteiger partial charge is 0.309 e. The van der Waals surface area contributed by atoms with E-state index in [0.29, 0.717) is 12.8 Å². The van der Waals surface area contributed by atoms with Crippen molar-refractivity contribution in [1.82, 2.24) is 9.80 Å². The van der Waals surface area contributed by atoms with Crippen LogP contribution in [-0.4, -0.2) is 185 Å². The summed E-state index contributed by atoms with van der Waals surface area (Å²) in [6.45, 7) is 24.9. The van der Waals surface area contributed by atoms with E-state index in [-0.39, 0.29) is 56.2 Å². The Labute approximate surface area is 381 Å². The van der Waals surface area contributed by atoms with Crippen molar-refractivity contribution in [3.8, 4) is 0 Å². The van der Waals surface area contributed by atoms with Gasteiger partial charge in [-0.1, -0.05) is 40.5 Å². The highest BCUT2D eigenvalue weighted by Gasteiger charge is 2.55. The van der Waals surface area contributed by atoms with Crippen LogP contribution in [0.2, 0.25) is 0 Å². The zero-order valence-electron chi connectivity index (χ0n) is 42.1. The van der Waals surface area contributed by atoms with Gasteiger partial charge in [0.15, 0.2) is 6.29 Å². The average Bonchev–Trinajstić information content (AvgIpc) is 3.18. The Bertz CT molecular complexity index is 1430. The fourth-order valence-electron chi connectivity index (χ4n) is 10.9. The second-order valence-electron chi connectivity index (χ2n) is 21.9. The summed E-state index contributed by atoms with van der Waals surface area (Å²) < 4.78 is 31.9. The number of rotatable bonds is 14. The molecule has 3 heterocycles. The molecule has 1 amide bonds. The summed E-state index contributed by atoms with van der Waals surface area (Å²) in [7, 11) is 4.48. The maximum absolute atomic E-state index is 14.6. The van der Waals surface area contributed by atoms with Gasteiger partial charge >= 0.3 is 5.97 Å². The van der Waals surface area contributed by atoms with Crippen molar-refractivity contribution in [2.45, 2.75) is 217 Å². The van der Waals surface area contributed by atoms with Crippen LogP contribution in [0.25, 0.3) is 0 Å². The lowest BCUT2D eigenvalue weighted by Crippen LogP contribution is -2.61. The van der Waals surface area contributed by atoms with Gasteiger partial charge in [-0.25, -0.2) is 0 Å². The summed E-state index contributed by atoms with van der Waals surface area (Å²) in [5.41, 5.74) is -4.65. The van der Waals surface area contributed by atoms with Gasteiger partial charge < -0.3 is 59.0 Å². The van der Waals surface area contributed by atoms with E-state index in [4.69, 9.17) is 23.7 Å². The van der Waals surface area contributed by atoms with E-state index in [1.54, 1.807) is 46.4 Å². The number of carbonyl (C=O) groups is 2. The number of carbonyl (C=O) groups excluding carboxylic acids is 2. The lowest BCUT2D eigenvalue weighted by Gasteiger charge is -2.51. The molecule has 5 N–H and O–H groups in total. The highest BCUT2D eigenvalue weighted by molar-refractivity contribution is 7.73. The van der Waals surface area contributed by atoms with Crippen LogP contribution in [0, 0.1) is 23.7 Å². The van der Waals surface area contributed by atoms with E-state index in [2.05, 4.69) is 20.0 Å². The van der Waals surface area contributed by atoms with Gasteiger partial charge in [-0.15, -0.1) is 0 Å².